The molecule has 0 aliphatic rings. The van der Waals surface area contributed by atoms with E-state index in [4.69, 9.17) is 10.9 Å². The molecular weight excluding hydrogens is 316 g/mol. The van der Waals surface area contributed by atoms with Crippen LogP contribution in [0.4, 0.5) is 0 Å². The molecule has 25 heavy (non-hydrogen) atoms. The van der Waals surface area contributed by atoms with Gasteiger partial charge in [-0.2, -0.15) is 10.5 Å². The van der Waals surface area contributed by atoms with E-state index in [0.29, 0.717) is 6.54 Å². The van der Waals surface area contributed by atoms with Crippen LogP contribution >= 0.6 is 0 Å². The predicted octanol–water partition coefficient (Wildman–Crippen LogP) is 2.63. The van der Waals surface area contributed by atoms with Gasteiger partial charge in [0, 0.05) is 0 Å². The lowest BCUT2D eigenvalue weighted by Crippen LogP contribution is -2.19. The summed E-state index contributed by atoms with van der Waals surface area (Å²) in [6, 6.07) is 10.3. The largest absolute Gasteiger partial charge is 0.411 e. The molecule has 0 saturated heterocycles. The highest BCUT2D eigenvalue weighted by molar-refractivity contribution is 6.29. The first-order valence-corrected chi connectivity index (χ1v) is 7.62. The fourth-order valence-corrected chi connectivity index (χ4v) is 1.98. The molecule has 1 rings (SSSR count). The van der Waals surface area contributed by atoms with Crippen molar-refractivity contribution in [3.05, 3.63) is 34.9 Å². The minimum atomic E-state index is -0.680. The third-order valence-electron chi connectivity index (χ3n) is 3.75. The Labute approximate surface area is 147 Å². The van der Waals surface area contributed by atoms with Crippen molar-refractivity contribution in [2.24, 2.45) is 20.9 Å². The second-order valence-corrected chi connectivity index (χ2v) is 6.65. The number of benzene rings is 1. The van der Waals surface area contributed by atoms with Crippen LogP contribution in [0.5, 0.6) is 0 Å². The van der Waals surface area contributed by atoms with Crippen LogP contribution < -0.4 is 5.73 Å². The zero-order valence-corrected chi connectivity index (χ0v) is 14.9. The summed E-state index contributed by atoms with van der Waals surface area (Å²) < 4.78 is 0. The SMILES string of the molecule is CC(C)(C#N)c1cc(CN=CN=C(N)/C=N/O)cc(C(C)(C)C#N)c1. The number of hydrogen-bond donors (Lipinski definition) is 2. The molecule has 0 fully saturated rings. The van der Waals surface area contributed by atoms with Gasteiger partial charge < -0.3 is 10.9 Å². The van der Waals surface area contributed by atoms with Crippen LogP contribution in [0.1, 0.15) is 44.4 Å². The predicted molar refractivity (Wildman–Crippen MR) is 97.8 cm³/mol. The maximum Gasteiger partial charge on any atom is 0.147 e. The first kappa shape index (κ1) is 19.9. The molecule has 0 radical (unpaired) electrons. The molecule has 0 aliphatic carbocycles. The molecule has 0 amide bonds. The molecule has 0 bridgehead atoms. The number of hydrogen-bond acceptors (Lipinski definition) is 5. The highest BCUT2D eigenvalue weighted by atomic mass is 16.4. The quantitative estimate of drug-likeness (QED) is 0.357. The fraction of sp³-hybridized carbons (Fsp3) is 0.389. The van der Waals surface area contributed by atoms with E-state index < -0.39 is 10.8 Å². The molecule has 3 N–H and O–H groups in total. The van der Waals surface area contributed by atoms with Crippen molar-refractivity contribution in [1.29, 1.82) is 10.5 Å². The van der Waals surface area contributed by atoms with Crippen LogP contribution in [0.3, 0.4) is 0 Å². The van der Waals surface area contributed by atoms with Gasteiger partial charge in [0.05, 0.1) is 29.5 Å². The van der Waals surface area contributed by atoms with Crippen molar-refractivity contribution in [3.63, 3.8) is 0 Å². The van der Waals surface area contributed by atoms with Crippen LogP contribution in [-0.4, -0.2) is 23.6 Å². The molecule has 0 aliphatic heterocycles. The number of aliphatic imine (C=N–C) groups is 2. The van der Waals surface area contributed by atoms with Gasteiger partial charge in [-0.1, -0.05) is 23.4 Å². The van der Waals surface area contributed by atoms with Gasteiger partial charge in [0.25, 0.3) is 0 Å². The Bertz CT molecular complexity index is 747. The minimum Gasteiger partial charge on any atom is -0.411 e. The van der Waals surface area contributed by atoms with Gasteiger partial charge in [0.2, 0.25) is 0 Å². The van der Waals surface area contributed by atoms with E-state index in [0.717, 1.165) is 22.9 Å². The summed E-state index contributed by atoms with van der Waals surface area (Å²) in [5.41, 5.74) is 6.60. The van der Waals surface area contributed by atoms with Crippen molar-refractivity contribution in [2.75, 3.05) is 0 Å². The Morgan fingerprint density at radius 3 is 2.08 bits per heavy atom. The monoisotopic (exact) mass is 338 g/mol. The Morgan fingerprint density at radius 1 is 1.12 bits per heavy atom. The third kappa shape index (κ3) is 5.43. The topological polar surface area (TPSA) is 131 Å². The Kier molecular flexibility index (Phi) is 6.41. The van der Waals surface area contributed by atoms with Gasteiger partial charge in [0.1, 0.15) is 18.4 Å². The summed E-state index contributed by atoms with van der Waals surface area (Å²) in [6.07, 6.45) is 2.27. The number of rotatable bonds is 6. The second-order valence-electron chi connectivity index (χ2n) is 6.65. The lowest BCUT2D eigenvalue weighted by atomic mass is 9.79. The molecule has 0 saturated carbocycles. The second kappa shape index (κ2) is 8.07. The molecule has 7 heteroatoms. The van der Waals surface area contributed by atoms with E-state index >= 15 is 0 Å². The summed E-state index contributed by atoms with van der Waals surface area (Å²) in [4.78, 5) is 7.95. The molecular formula is C18H22N6O. The zero-order chi connectivity index (χ0) is 19.1. The molecule has 0 unspecified atom stereocenters. The highest BCUT2D eigenvalue weighted by Gasteiger charge is 2.26. The van der Waals surface area contributed by atoms with E-state index in [1.807, 2.05) is 45.9 Å². The van der Waals surface area contributed by atoms with E-state index in [2.05, 4.69) is 27.3 Å². The maximum atomic E-state index is 9.41. The molecule has 0 atom stereocenters. The molecule has 0 heterocycles. The van der Waals surface area contributed by atoms with Crippen molar-refractivity contribution in [2.45, 2.75) is 45.1 Å². The van der Waals surface area contributed by atoms with Crippen molar-refractivity contribution >= 4 is 18.4 Å². The molecule has 7 nitrogen and oxygen atoms in total. The summed E-state index contributed by atoms with van der Waals surface area (Å²) in [6.45, 7) is 7.64. The average molecular weight is 338 g/mol. The van der Waals surface area contributed by atoms with Crippen molar-refractivity contribution < 1.29 is 5.21 Å². The van der Waals surface area contributed by atoms with Crippen LogP contribution in [-0.2, 0) is 17.4 Å². The Morgan fingerprint density at radius 2 is 1.64 bits per heavy atom. The lowest BCUT2D eigenvalue weighted by Gasteiger charge is -2.22. The molecule has 1 aromatic rings. The number of nitriles is 2. The third-order valence-corrected chi connectivity index (χ3v) is 3.75. The number of nitrogens with two attached hydrogens (primary N) is 1. The summed E-state index contributed by atoms with van der Waals surface area (Å²) in [7, 11) is 0. The normalized spacial score (nSPS) is 13.1. The maximum absolute atomic E-state index is 9.41. The first-order valence-electron chi connectivity index (χ1n) is 7.62. The van der Waals surface area contributed by atoms with E-state index in [1.165, 1.54) is 6.34 Å². The van der Waals surface area contributed by atoms with Crippen molar-refractivity contribution in [1.82, 2.24) is 0 Å². The lowest BCUT2D eigenvalue weighted by molar-refractivity contribution is 0.322. The molecule has 1 aromatic carbocycles. The number of oxime groups is 1. The van der Waals surface area contributed by atoms with Crippen LogP contribution in [0.2, 0.25) is 0 Å². The number of amidine groups is 1. The van der Waals surface area contributed by atoms with E-state index in [-0.39, 0.29) is 5.84 Å². The summed E-state index contributed by atoms with van der Waals surface area (Å²) >= 11 is 0. The fourth-order valence-electron chi connectivity index (χ4n) is 1.98. The molecule has 130 valence electrons. The molecule has 0 spiro atoms. The standard InChI is InChI=1S/C18H22N6O/c1-17(2,10-19)14-5-13(6-15(7-14)18(3,4)11-20)8-22-12-23-16(21)9-24-25/h5-7,9,12,25H,8H2,1-4H3,(H2,21,22,23)/b24-9+. The van der Waals surface area contributed by atoms with Gasteiger partial charge in [-0.25, -0.2) is 4.99 Å². The van der Waals surface area contributed by atoms with E-state index in [9.17, 15) is 10.5 Å². The van der Waals surface area contributed by atoms with Gasteiger partial charge in [-0.05, 0) is 44.4 Å². The smallest absolute Gasteiger partial charge is 0.147 e. The van der Waals surface area contributed by atoms with Crippen molar-refractivity contribution in [3.8, 4) is 12.1 Å². The summed E-state index contributed by atoms with van der Waals surface area (Å²) in [5, 5.41) is 29.9. The van der Waals surface area contributed by atoms with Gasteiger partial charge in [-0.3, -0.25) is 4.99 Å². The zero-order valence-electron chi connectivity index (χ0n) is 14.9. The van der Waals surface area contributed by atoms with Crippen LogP contribution in [0, 0.1) is 22.7 Å². The van der Waals surface area contributed by atoms with E-state index in [1.54, 1.807) is 0 Å². The minimum absolute atomic E-state index is 0.0249. The van der Waals surface area contributed by atoms with Crippen LogP contribution in [0.25, 0.3) is 0 Å². The van der Waals surface area contributed by atoms with Gasteiger partial charge >= 0.3 is 0 Å². The van der Waals surface area contributed by atoms with Gasteiger partial charge in [-0.15, -0.1) is 0 Å². The average Bonchev–Trinajstić information content (AvgIpc) is 2.58. The Hall–Kier alpha value is -3.19. The molecule has 0 aromatic heterocycles. The number of nitrogens with zero attached hydrogens (tertiary/aromatic N) is 5. The van der Waals surface area contributed by atoms with Gasteiger partial charge in [0.15, 0.2) is 0 Å². The first-order chi connectivity index (χ1) is 11.7. The summed E-state index contributed by atoms with van der Waals surface area (Å²) in [5.74, 6) is 0.0249. The Balaban J connectivity index is 3.24. The highest BCUT2D eigenvalue weighted by Crippen LogP contribution is 2.30. The van der Waals surface area contributed by atoms with Crippen LogP contribution in [0.15, 0.2) is 33.3 Å².